The standard InChI is InChI=1S/C23H28N4O3S/c1-3-20(21(28)17-9-11-18(29-2)12-10-17)31-23-25-24-22(26-13-5-4-6-14-26)27(23)16-19-8-7-15-30-19/h7-12,15,20H,3-6,13-14,16H2,1-2H3. The van der Waals surface area contributed by atoms with Gasteiger partial charge < -0.3 is 14.1 Å². The molecule has 164 valence electrons. The Morgan fingerprint density at radius 1 is 1.16 bits per heavy atom. The summed E-state index contributed by atoms with van der Waals surface area (Å²) in [7, 11) is 1.62. The van der Waals surface area contributed by atoms with E-state index in [-0.39, 0.29) is 11.0 Å². The number of hydrogen-bond acceptors (Lipinski definition) is 7. The highest BCUT2D eigenvalue weighted by atomic mass is 32.2. The molecule has 0 amide bonds. The van der Waals surface area contributed by atoms with Gasteiger partial charge in [-0.15, -0.1) is 10.2 Å². The van der Waals surface area contributed by atoms with Gasteiger partial charge in [0.2, 0.25) is 5.95 Å². The first-order valence-electron chi connectivity index (χ1n) is 10.7. The molecule has 0 radical (unpaired) electrons. The summed E-state index contributed by atoms with van der Waals surface area (Å²) >= 11 is 1.48. The second-order valence-corrected chi connectivity index (χ2v) is 8.77. The van der Waals surface area contributed by atoms with Crippen LogP contribution in [0.5, 0.6) is 5.75 Å². The van der Waals surface area contributed by atoms with Gasteiger partial charge in [0.05, 0.1) is 25.2 Å². The van der Waals surface area contributed by atoms with Crippen molar-refractivity contribution >= 4 is 23.5 Å². The number of nitrogens with zero attached hydrogens (tertiary/aromatic N) is 4. The first kappa shape index (κ1) is 21.5. The van der Waals surface area contributed by atoms with Crippen LogP contribution in [0.25, 0.3) is 0 Å². The molecule has 0 spiro atoms. The molecule has 0 N–H and O–H groups in total. The predicted molar refractivity (Wildman–Crippen MR) is 121 cm³/mol. The minimum absolute atomic E-state index is 0.0854. The fourth-order valence-corrected chi connectivity index (χ4v) is 4.81. The van der Waals surface area contributed by atoms with Crippen LogP contribution < -0.4 is 9.64 Å². The van der Waals surface area contributed by atoms with Crippen molar-refractivity contribution in [2.24, 2.45) is 0 Å². The van der Waals surface area contributed by atoms with Gasteiger partial charge in [0.1, 0.15) is 11.5 Å². The van der Waals surface area contributed by atoms with E-state index in [9.17, 15) is 4.79 Å². The second-order valence-electron chi connectivity index (χ2n) is 7.60. The number of carbonyl (C=O) groups excluding carboxylic acids is 1. The fourth-order valence-electron chi connectivity index (χ4n) is 3.78. The first-order chi connectivity index (χ1) is 15.2. The molecule has 0 saturated carbocycles. The summed E-state index contributed by atoms with van der Waals surface area (Å²) in [4.78, 5) is 15.5. The highest BCUT2D eigenvalue weighted by molar-refractivity contribution is 8.00. The van der Waals surface area contributed by atoms with E-state index in [0.717, 1.165) is 48.5 Å². The Kier molecular flexibility index (Phi) is 6.96. The van der Waals surface area contributed by atoms with E-state index in [2.05, 4.69) is 19.7 Å². The van der Waals surface area contributed by atoms with Gasteiger partial charge in [0.15, 0.2) is 10.9 Å². The van der Waals surface area contributed by atoms with Crippen LogP contribution in [0.3, 0.4) is 0 Å². The van der Waals surface area contributed by atoms with Crippen LogP contribution >= 0.6 is 11.8 Å². The maximum Gasteiger partial charge on any atom is 0.228 e. The van der Waals surface area contributed by atoms with Gasteiger partial charge >= 0.3 is 0 Å². The van der Waals surface area contributed by atoms with E-state index in [4.69, 9.17) is 9.15 Å². The van der Waals surface area contributed by atoms with E-state index in [1.807, 2.05) is 43.3 Å². The van der Waals surface area contributed by atoms with Crippen LogP contribution in [0.15, 0.2) is 52.2 Å². The zero-order chi connectivity index (χ0) is 21.6. The number of rotatable bonds is 9. The Morgan fingerprint density at radius 3 is 2.58 bits per heavy atom. The molecular formula is C23H28N4O3S. The smallest absolute Gasteiger partial charge is 0.228 e. The molecule has 1 aliphatic rings. The van der Waals surface area contributed by atoms with Crippen molar-refractivity contribution in [1.29, 1.82) is 0 Å². The third kappa shape index (κ3) is 4.95. The molecule has 1 fully saturated rings. The van der Waals surface area contributed by atoms with Gasteiger partial charge in [-0.2, -0.15) is 0 Å². The summed E-state index contributed by atoms with van der Waals surface area (Å²) in [6.07, 6.45) is 5.93. The van der Waals surface area contributed by atoms with Gasteiger partial charge in [-0.3, -0.25) is 9.36 Å². The Bertz CT molecular complexity index is 979. The summed E-state index contributed by atoms with van der Waals surface area (Å²) in [5.41, 5.74) is 0.675. The minimum atomic E-state index is -0.248. The second kappa shape index (κ2) is 10.0. The van der Waals surface area contributed by atoms with Crippen molar-refractivity contribution < 1.29 is 13.9 Å². The Labute approximate surface area is 186 Å². The molecule has 0 aliphatic carbocycles. The third-order valence-electron chi connectivity index (χ3n) is 5.52. The van der Waals surface area contributed by atoms with E-state index < -0.39 is 0 Å². The Balaban J connectivity index is 1.59. The lowest BCUT2D eigenvalue weighted by Crippen LogP contribution is -2.32. The Morgan fingerprint density at radius 2 is 1.94 bits per heavy atom. The molecular weight excluding hydrogens is 412 g/mol. The monoisotopic (exact) mass is 440 g/mol. The van der Waals surface area contributed by atoms with Crippen molar-refractivity contribution in [1.82, 2.24) is 14.8 Å². The Hall–Kier alpha value is -2.74. The molecule has 1 saturated heterocycles. The van der Waals surface area contributed by atoms with Crippen molar-refractivity contribution in [3.8, 4) is 5.75 Å². The maximum atomic E-state index is 13.2. The van der Waals surface area contributed by atoms with Gasteiger partial charge in [-0.1, -0.05) is 18.7 Å². The topological polar surface area (TPSA) is 73.4 Å². The zero-order valence-corrected chi connectivity index (χ0v) is 18.8. The minimum Gasteiger partial charge on any atom is -0.497 e. The average Bonchev–Trinajstić information content (AvgIpc) is 3.48. The molecule has 1 aliphatic heterocycles. The van der Waals surface area contributed by atoms with Crippen LogP contribution in [0.4, 0.5) is 5.95 Å². The normalized spacial score (nSPS) is 15.1. The molecule has 1 atom stereocenters. The molecule has 0 bridgehead atoms. The SMILES string of the molecule is CCC(Sc1nnc(N2CCCCC2)n1Cc1ccco1)C(=O)c1ccc(OC)cc1. The third-order valence-corrected chi connectivity index (χ3v) is 6.86. The lowest BCUT2D eigenvalue weighted by atomic mass is 10.1. The van der Waals surface area contributed by atoms with Crippen LogP contribution in [-0.2, 0) is 6.54 Å². The molecule has 2 aromatic heterocycles. The molecule has 7 nitrogen and oxygen atoms in total. The van der Waals surface area contributed by atoms with Crippen LogP contribution in [0, 0.1) is 0 Å². The fraction of sp³-hybridized carbons (Fsp3) is 0.435. The number of benzene rings is 1. The highest BCUT2D eigenvalue weighted by Crippen LogP contribution is 2.31. The van der Waals surface area contributed by atoms with E-state index in [1.54, 1.807) is 13.4 Å². The highest BCUT2D eigenvalue weighted by Gasteiger charge is 2.26. The molecule has 3 heterocycles. The number of Topliss-reactive ketones (excluding diaryl/α,β-unsaturated/α-hetero) is 1. The van der Waals surface area contributed by atoms with Crippen molar-refractivity contribution in [3.63, 3.8) is 0 Å². The van der Waals surface area contributed by atoms with Gasteiger partial charge in [0.25, 0.3) is 0 Å². The van der Waals surface area contributed by atoms with E-state index in [1.165, 1.54) is 18.2 Å². The van der Waals surface area contributed by atoms with Crippen LogP contribution in [0.1, 0.15) is 48.7 Å². The number of carbonyl (C=O) groups is 1. The number of ketones is 1. The summed E-state index contributed by atoms with van der Waals surface area (Å²) in [5, 5.41) is 9.49. The number of furan rings is 1. The number of thioether (sulfide) groups is 1. The quantitative estimate of drug-likeness (QED) is 0.353. The lowest BCUT2D eigenvalue weighted by Gasteiger charge is -2.27. The number of aromatic nitrogens is 3. The average molecular weight is 441 g/mol. The molecule has 31 heavy (non-hydrogen) atoms. The number of methoxy groups -OCH3 is 1. The largest absolute Gasteiger partial charge is 0.497 e. The van der Waals surface area contributed by atoms with Crippen molar-refractivity contribution in [3.05, 3.63) is 54.0 Å². The summed E-state index contributed by atoms with van der Waals surface area (Å²) in [6, 6.07) is 11.1. The van der Waals surface area contributed by atoms with Crippen molar-refractivity contribution in [2.45, 2.75) is 49.6 Å². The molecule has 1 unspecified atom stereocenters. The molecule has 4 rings (SSSR count). The molecule has 8 heteroatoms. The molecule has 3 aromatic rings. The number of piperidine rings is 1. The first-order valence-corrected chi connectivity index (χ1v) is 11.6. The van der Waals surface area contributed by atoms with Gasteiger partial charge in [0, 0.05) is 18.7 Å². The number of hydrogen-bond donors (Lipinski definition) is 0. The van der Waals surface area contributed by atoms with Gasteiger partial charge in [-0.25, -0.2) is 0 Å². The predicted octanol–water partition coefficient (Wildman–Crippen LogP) is 4.67. The van der Waals surface area contributed by atoms with Gasteiger partial charge in [-0.05, 0) is 62.1 Å². The summed E-state index contributed by atoms with van der Waals surface area (Å²) in [6.45, 7) is 4.52. The van der Waals surface area contributed by atoms with E-state index >= 15 is 0 Å². The maximum absolute atomic E-state index is 13.2. The summed E-state index contributed by atoms with van der Waals surface area (Å²) in [5.74, 6) is 2.52. The number of ether oxygens (including phenoxy) is 1. The number of anilines is 1. The van der Waals surface area contributed by atoms with Crippen molar-refractivity contribution in [2.75, 3.05) is 25.1 Å². The molecule has 1 aromatic carbocycles. The lowest BCUT2D eigenvalue weighted by molar-refractivity contribution is 0.0988. The van der Waals surface area contributed by atoms with Crippen LogP contribution in [0.2, 0.25) is 0 Å². The van der Waals surface area contributed by atoms with E-state index in [0.29, 0.717) is 18.5 Å². The summed E-state index contributed by atoms with van der Waals surface area (Å²) < 4.78 is 12.9. The van der Waals surface area contributed by atoms with Crippen LogP contribution in [-0.4, -0.2) is 46.0 Å². The zero-order valence-electron chi connectivity index (χ0n) is 18.0.